The molecule has 3 N–H and O–H groups in total. The minimum atomic E-state index is -0.469. The van der Waals surface area contributed by atoms with Gasteiger partial charge in [-0.15, -0.1) is 0 Å². The number of hydroxylamine groups is 1. The second kappa shape index (κ2) is 9.94. The first-order valence-electron chi connectivity index (χ1n) is 8.56. The van der Waals surface area contributed by atoms with Crippen molar-refractivity contribution in [3.63, 3.8) is 0 Å². The first kappa shape index (κ1) is 22.1. The van der Waals surface area contributed by atoms with Gasteiger partial charge in [0.2, 0.25) is 0 Å². The number of aromatic nitrogens is 2. The summed E-state index contributed by atoms with van der Waals surface area (Å²) in [6, 6.07) is 8.47. The molecule has 0 atom stereocenters. The first-order chi connectivity index (χ1) is 14.4. The van der Waals surface area contributed by atoms with Crippen molar-refractivity contribution in [3.05, 3.63) is 75.0 Å². The van der Waals surface area contributed by atoms with Gasteiger partial charge in [-0.1, -0.05) is 29.5 Å². The third-order valence-electron chi connectivity index (χ3n) is 4.08. The molecule has 0 fully saturated rings. The first-order valence-corrected chi connectivity index (χ1v) is 9.77. The standard InChI is InChI=1S/C19H15BrF2N4O3S/c20-14-7-12(3-4-15(14)21)23-19(24-28)18-17(25-29-26-18)8-13(30)6-11-2-1-10(9-27)5-16(11)22/h1-5,7,27-28H,6,8-9H2,(H,23,24). The van der Waals surface area contributed by atoms with Gasteiger partial charge in [0.1, 0.15) is 17.3 Å². The number of hydrogen-bond donors (Lipinski definition) is 3. The molecule has 3 rings (SSSR count). The molecule has 0 amide bonds. The smallest absolute Gasteiger partial charge is 0.182 e. The third kappa shape index (κ3) is 5.30. The van der Waals surface area contributed by atoms with Crippen LogP contribution in [0.3, 0.4) is 0 Å². The number of aliphatic imine (C=N–C) groups is 1. The van der Waals surface area contributed by atoms with Crippen molar-refractivity contribution < 1.29 is 23.7 Å². The molecule has 1 aromatic heterocycles. The number of benzene rings is 2. The lowest BCUT2D eigenvalue weighted by Gasteiger charge is -2.07. The second-order valence-corrected chi connectivity index (χ2v) is 7.64. The van der Waals surface area contributed by atoms with Crippen molar-refractivity contribution in [1.82, 2.24) is 15.8 Å². The largest absolute Gasteiger partial charge is 0.392 e. The fraction of sp³-hybridized carbons (Fsp3) is 0.158. The van der Waals surface area contributed by atoms with Crippen LogP contribution in [0.1, 0.15) is 22.5 Å². The fourth-order valence-electron chi connectivity index (χ4n) is 2.61. The van der Waals surface area contributed by atoms with Crippen LogP contribution in [-0.2, 0) is 19.4 Å². The Hall–Kier alpha value is -2.60. The molecule has 0 unspecified atom stereocenters. The molecule has 1 heterocycles. The van der Waals surface area contributed by atoms with Crippen LogP contribution in [0, 0.1) is 11.6 Å². The summed E-state index contributed by atoms with van der Waals surface area (Å²) in [4.78, 5) is 4.62. The molecule has 0 radical (unpaired) electrons. The summed E-state index contributed by atoms with van der Waals surface area (Å²) in [5, 5.41) is 26.1. The van der Waals surface area contributed by atoms with E-state index in [9.17, 15) is 14.0 Å². The van der Waals surface area contributed by atoms with Crippen molar-refractivity contribution in [1.29, 1.82) is 0 Å². The molecule has 0 saturated carbocycles. The van der Waals surface area contributed by atoms with Crippen molar-refractivity contribution in [3.8, 4) is 0 Å². The zero-order valence-electron chi connectivity index (χ0n) is 15.3. The van der Waals surface area contributed by atoms with E-state index in [0.29, 0.717) is 21.7 Å². The maximum atomic E-state index is 14.1. The van der Waals surface area contributed by atoms with Gasteiger partial charge in [0.25, 0.3) is 0 Å². The number of nitrogens with one attached hydrogen (secondary N) is 1. The zero-order valence-corrected chi connectivity index (χ0v) is 17.7. The third-order valence-corrected chi connectivity index (χ3v) is 4.98. The number of aliphatic hydroxyl groups excluding tert-OH is 1. The van der Waals surface area contributed by atoms with E-state index in [1.54, 1.807) is 12.1 Å². The summed E-state index contributed by atoms with van der Waals surface area (Å²) >= 11 is 8.42. The Morgan fingerprint density at radius 3 is 2.60 bits per heavy atom. The molecule has 0 bridgehead atoms. The Labute approximate surface area is 183 Å². The van der Waals surface area contributed by atoms with Crippen LogP contribution in [0.15, 0.2) is 50.5 Å². The predicted molar refractivity (Wildman–Crippen MR) is 112 cm³/mol. The lowest BCUT2D eigenvalue weighted by molar-refractivity contribution is 0.234. The van der Waals surface area contributed by atoms with Crippen molar-refractivity contribution >= 4 is 44.5 Å². The quantitative estimate of drug-likeness (QED) is 0.197. The average molecular weight is 497 g/mol. The van der Waals surface area contributed by atoms with Gasteiger partial charge in [0.05, 0.1) is 16.8 Å². The normalized spacial score (nSPS) is 11.6. The molecule has 0 aliphatic heterocycles. The molecule has 2 aromatic carbocycles. The number of aliphatic hydroxyl groups is 1. The zero-order chi connectivity index (χ0) is 21.7. The number of halogens is 3. The van der Waals surface area contributed by atoms with E-state index in [1.165, 1.54) is 24.3 Å². The van der Waals surface area contributed by atoms with E-state index in [0.717, 1.165) is 0 Å². The number of rotatable bonds is 7. The second-order valence-electron chi connectivity index (χ2n) is 6.21. The Morgan fingerprint density at radius 1 is 1.13 bits per heavy atom. The SMILES string of the molecule is OCc1ccc(CC(=S)Cc2nonc2C(=Nc2ccc(F)c(Br)c2)NO)c(F)c1. The molecule has 11 heteroatoms. The number of thiocarbonyl (C=S) groups is 1. The van der Waals surface area contributed by atoms with Crippen LogP contribution in [0.4, 0.5) is 14.5 Å². The van der Waals surface area contributed by atoms with Gasteiger partial charge >= 0.3 is 0 Å². The van der Waals surface area contributed by atoms with Gasteiger partial charge in [0.15, 0.2) is 11.5 Å². The van der Waals surface area contributed by atoms with Gasteiger partial charge in [-0.25, -0.2) is 18.4 Å². The summed E-state index contributed by atoms with van der Waals surface area (Å²) in [6.45, 7) is -0.253. The van der Waals surface area contributed by atoms with Crippen molar-refractivity contribution in [2.24, 2.45) is 4.99 Å². The number of nitrogens with zero attached hydrogens (tertiary/aromatic N) is 3. The molecule has 3 aromatic rings. The highest BCUT2D eigenvalue weighted by Gasteiger charge is 2.19. The molecule has 0 aliphatic rings. The van der Waals surface area contributed by atoms with Gasteiger partial charge in [-0.3, -0.25) is 10.7 Å². The van der Waals surface area contributed by atoms with E-state index in [4.69, 9.17) is 22.0 Å². The number of hydrogen-bond acceptors (Lipinski definition) is 7. The van der Waals surface area contributed by atoms with E-state index < -0.39 is 11.6 Å². The fourth-order valence-corrected chi connectivity index (χ4v) is 3.27. The maximum absolute atomic E-state index is 14.1. The van der Waals surface area contributed by atoms with Crippen molar-refractivity contribution in [2.75, 3.05) is 0 Å². The maximum Gasteiger partial charge on any atom is 0.182 e. The van der Waals surface area contributed by atoms with Crippen molar-refractivity contribution in [2.45, 2.75) is 19.4 Å². The molecule has 0 spiro atoms. The van der Waals surface area contributed by atoms with Crippen LogP contribution >= 0.6 is 28.1 Å². The Kier molecular flexibility index (Phi) is 7.32. The minimum absolute atomic E-state index is 0.0777. The highest BCUT2D eigenvalue weighted by Crippen LogP contribution is 2.23. The summed E-state index contributed by atoms with van der Waals surface area (Å²) in [7, 11) is 0. The molecule has 0 saturated heterocycles. The Morgan fingerprint density at radius 2 is 1.93 bits per heavy atom. The Balaban J connectivity index is 1.79. The van der Waals surface area contributed by atoms with Gasteiger partial charge in [-0.05, 0) is 56.5 Å². The topological polar surface area (TPSA) is 104 Å². The van der Waals surface area contributed by atoms with E-state index >= 15 is 0 Å². The Bertz CT molecular complexity index is 1110. The summed E-state index contributed by atoms with van der Waals surface area (Å²) < 4.78 is 32.5. The van der Waals surface area contributed by atoms with Crippen LogP contribution < -0.4 is 5.48 Å². The molecular formula is C19H15BrF2N4O3S. The lowest BCUT2D eigenvalue weighted by Crippen LogP contribution is -2.22. The monoisotopic (exact) mass is 496 g/mol. The highest BCUT2D eigenvalue weighted by atomic mass is 79.9. The van der Waals surface area contributed by atoms with E-state index in [-0.39, 0.29) is 41.1 Å². The predicted octanol–water partition coefficient (Wildman–Crippen LogP) is 3.81. The van der Waals surface area contributed by atoms with Gasteiger partial charge in [-0.2, -0.15) is 0 Å². The lowest BCUT2D eigenvalue weighted by atomic mass is 10.0. The molecule has 7 nitrogen and oxygen atoms in total. The average Bonchev–Trinajstić information content (AvgIpc) is 3.18. The minimum Gasteiger partial charge on any atom is -0.392 e. The van der Waals surface area contributed by atoms with E-state index in [2.05, 4.69) is 31.2 Å². The van der Waals surface area contributed by atoms with E-state index in [1.807, 2.05) is 5.48 Å². The van der Waals surface area contributed by atoms with Crippen LogP contribution in [0.5, 0.6) is 0 Å². The van der Waals surface area contributed by atoms with Gasteiger partial charge in [0, 0.05) is 17.7 Å². The summed E-state index contributed by atoms with van der Waals surface area (Å²) in [6.07, 6.45) is 0.270. The molecule has 156 valence electrons. The summed E-state index contributed by atoms with van der Waals surface area (Å²) in [5.41, 5.74) is 3.49. The van der Waals surface area contributed by atoms with Crippen LogP contribution in [0.25, 0.3) is 0 Å². The molecular weight excluding hydrogens is 482 g/mol. The van der Waals surface area contributed by atoms with Crippen LogP contribution in [0.2, 0.25) is 0 Å². The molecule has 30 heavy (non-hydrogen) atoms. The van der Waals surface area contributed by atoms with Crippen LogP contribution in [-0.4, -0.2) is 31.3 Å². The molecule has 0 aliphatic carbocycles. The summed E-state index contributed by atoms with van der Waals surface area (Å²) in [5.74, 6) is -1.00. The highest BCUT2D eigenvalue weighted by molar-refractivity contribution is 9.10. The number of amidine groups is 1. The van der Waals surface area contributed by atoms with Gasteiger partial charge < -0.3 is 5.11 Å².